The summed E-state index contributed by atoms with van der Waals surface area (Å²) in [4.78, 5) is 23.7. The van der Waals surface area contributed by atoms with Gasteiger partial charge in [0.25, 0.3) is 0 Å². The van der Waals surface area contributed by atoms with Crippen LogP contribution in [0, 0.1) is 0 Å². The summed E-state index contributed by atoms with van der Waals surface area (Å²) in [6, 6.07) is 20.7. The number of ether oxygens (including phenoxy) is 2. The number of aromatic carboxylic acids is 1. The minimum atomic E-state index is -0.970. The van der Waals surface area contributed by atoms with Crippen molar-refractivity contribution in [2.75, 3.05) is 6.61 Å². The van der Waals surface area contributed by atoms with E-state index in [-0.39, 0.29) is 5.56 Å². The average molecular weight is 503 g/mol. The number of unbranched alkanes of at least 4 members (excludes halogenated alkanes) is 9. The van der Waals surface area contributed by atoms with E-state index in [1.165, 1.54) is 57.8 Å². The summed E-state index contributed by atoms with van der Waals surface area (Å²) in [6.45, 7) is 2.93. The Morgan fingerprint density at radius 1 is 0.649 bits per heavy atom. The van der Waals surface area contributed by atoms with Crippen molar-refractivity contribution in [1.29, 1.82) is 0 Å². The maximum atomic E-state index is 12.5. The van der Waals surface area contributed by atoms with E-state index in [2.05, 4.69) is 6.92 Å². The molecule has 0 spiro atoms. The lowest BCUT2D eigenvalue weighted by atomic mass is 10.0. The van der Waals surface area contributed by atoms with Crippen molar-refractivity contribution in [3.63, 3.8) is 0 Å². The van der Waals surface area contributed by atoms with Crippen LogP contribution < -0.4 is 9.47 Å². The lowest BCUT2D eigenvalue weighted by molar-refractivity contribution is 0.0694. The number of carbonyl (C=O) groups is 2. The molecule has 0 aromatic heterocycles. The molecule has 0 heterocycles. The molecule has 3 rings (SSSR count). The van der Waals surface area contributed by atoms with Crippen LogP contribution in [0.2, 0.25) is 0 Å². The van der Waals surface area contributed by atoms with Gasteiger partial charge < -0.3 is 14.6 Å². The maximum Gasteiger partial charge on any atom is 0.343 e. The van der Waals surface area contributed by atoms with Crippen molar-refractivity contribution < 1.29 is 24.2 Å². The van der Waals surface area contributed by atoms with Gasteiger partial charge in [-0.2, -0.15) is 0 Å². The molecule has 0 aliphatic heterocycles. The summed E-state index contributed by atoms with van der Waals surface area (Å²) in [5.74, 6) is -0.241. The first-order valence-corrected chi connectivity index (χ1v) is 13.5. The van der Waals surface area contributed by atoms with E-state index in [0.29, 0.717) is 17.9 Å². The van der Waals surface area contributed by atoms with Crippen LogP contribution in [-0.4, -0.2) is 23.7 Å². The van der Waals surface area contributed by atoms with Gasteiger partial charge in [-0.1, -0.05) is 89.0 Å². The number of esters is 1. The zero-order valence-corrected chi connectivity index (χ0v) is 21.8. The fourth-order valence-corrected chi connectivity index (χ4v) is 4.18. The van der Waals surface area contributed by atoms with Gasteiger partial charge in [-0.05, 0) is 66.1 Å². The monoisotopic (exact) mass is 502 g/mol. The number of carboxylic acids is 1. The molecule has 3 aromatic rings. The van der Waals surface area contributed by atoms with Crippen molar-refractivity contribution in [2.45, 2.75) is 71.1 Å². The Kier molecular flexibility index (Phi) is 11.7. The summed E-state index contributed by atoms with van der Waals surface area (Å²) in [5.41, 5.74) is 2.30. The molecule has 5 nitrogen and oxygen atoms in total. The first kappa shape index (κ1) is 28.0. The van der Waals surface area contributed by atoms with Crippen molar-refractivity contribution in [3.05, 3.63) is 83.9 Å². The van der Waals surface area contributed by atoms with E-state index in [1.807, 2.05) is 6.07 Å². The fourth-order valence-electron chi connectivity index (χ4n) is 4.18. The third-order valence-electron chi connectivity index (χ3n) is 6.36. The number of hydrogen-bond acceptors (Lipinski definition) is 4. The molecule has 0 saturated heterocycles. The van der Waals surface area contributed by atoms with Gasteiger partial charge in [0.05, 0.1) is 17.7 Å². The highest BCUT2D eigenvalue weighted by Crippen LogP contribution is 2.24. The van der Waals surface area contributed by atoms with Crippen LogP contribution in [0.1, 0.15) is 91.8 Å². The van der Waals surface area contributed by atoms with Crippen molar-refractivity contribution >= 4 is 11.9 Å². The molecule has 0 saturated carbocycles. The lowest BCUT2D eigenvalue weighted by Gasteiger charge is -2.08. The molecular formula is C32H38O5. The second-order valence-electron chi connectivity index (χ2n) is 9.35. The Morgan fingerprint density at radius 2 is 1.24 bits per heavy atom. The second kappa shape index (κ2) is 15.5. The number of benzene rings is 3. The molecule has 0 bridgehead atoms. The second-order valence-corrected chi connectivity index (χ2v) is 9.35. The van der Waals surface area contributed by atoms with E-state index in [9.17, 15) is 14.7 Å². The van der Waals surface area contributed by atoms with Gasteiger partial charge in [-0.3, -0.25) is 0 Å². The smallest absolute Gasteiger partial charge is 0.343 e. The molecule has 1 N–H and O–H groups in total. The van der Waals surface area contributed by atoms with Crippen LogP contribution in [0.5, 0.6) is 11.5 Å². The van der Waals surface area contributed by atoms with Crippen molar-refractivity contribution in [2.24, 2.45) is 0 Å². The molecule has 3 aromatic carbocycles. The van der Waals surface area contributed by atoms with Crippen molar-refractivity contribution in [3.8, 4) is 22.6 Å². The number of hydrogen-bond donors (Lipinski definition) is 1. The first-order valence-electron chi connectivity index (χ1n) is 13.5. The minimum Gasteiger partial charge on any atom is -0.494 e. The quantitative estimate of drug-likeness (QED) is 0.121. The third-order valence-corrected chi connectivity index (χ3v) is 6.36. The zero-order valence-electron chi connectivity index (χ0n) is 21.8. The highest BCUT2D eigenvalue weighted by Gasteiger charge is 2.10. The standard InChI is InChI=1S/C32H38O5/c1-2-3-4-5-6-7-8-9-10-11-23-36-29-19-17-26(18-20-29)32(35)37-30-21-15-25(16-22-30)27-13-12-14-28(24-27)31(33)34/h12-22,24H,2-11,23H2,1H3,(H,33,34). The van der Waals surface area contributed by atoms with Gasteiger partial charge in [-0.25, -0.2) is 9.59 Å². The van der Waals surface area contributed by atoms with E-state index in [0.717, 1.165) is 23.3 Å². The molecule has 0 unspecified atom stereocenters. The molecule has 0 aliphatic carbocycles. The molecule has 5 heteroatoms. The predicted molar refractivity (Wildman–Crippen MR) is 148 cm³/mol. The summed E-state index contributed by atoms with van der Waals surface area (Å²) >= 11 is 0. The van der Waals surface area contributed by atoms with Crippen molar-refractivity contribution in [1.82, 2.24) is 0 Å². The van der Waals surface area contributed by atoms with Crippen LogP contribution in [-0.2, 0) is 0 Å². The Labute approximate surface area is 220 Å². The van der Waals surface area contributed by atoms with Gasteiger partial charge in [0.1, 0.15) is 11.5 Å². The van der Waals surface area contributed by atoms with Gasteiger partial charge in [0.15, 0.2) is 0 Å². The zero-order chi connectivity index (χ0) is 26.3. The molecule has 0 amide bonds. The number of rotatable bonds is 16. The SMILES string of the molecule is CCCCCCCCCCCCOc1ccc(C(=O)Oc2ccc(-c3cccc(C(=O)O)c3)cc2)cc1. The Morgan fingerprint density at radius 3 is 1.86 bits per heavy atom. The third kappa shape index (κ3) is 9.76. The number of carboxylic acid groups (broad SMARTS) is 1. The molecule has 0 fully saturated rings. The van der Waals surface area contributed by atoms with Gasteiger partial charge in [0.2, 0.25) is 0 Å². The fraction of sp³-hybridized carbons (Fsp3) is 0.375. The molecule has 196 valence electrons. The van der Waals surface area contributed by atoms with Crippen LogP contribution in [0.25, 0.3) is 11.1 Å². The van der Waals surface area contributed by atoms with Crippen LogP contribution in [0.3, 0.4) is 0 Å². The maximum absolute atomic E-state index is 12.5. The molecule has 0 radical (unpaired) electrons. The normalized spacial score (nSPS) is 10.7. The highest BCUT2D eigenvalue weighted by atomic mass is 16.5. The van der Waals surface area contributed by atoms with E-state index in [1.54, 1.807) is 66.7 Å². The predicted octanol–water partition coefficient (Wildman–Crippen LogP) is 8.57. The highest BCUT2D eigenvalue weighted by molar-refractivity contribution is 5.91. The van der Waals surface area contributed by atoms with E-state index >= 15 is 0 Å². The Balaban J connectivity index is 1.37. The largest absolute Gasteiger partial charge is 0.494 e. The lowest BCUT2D eigenvalue weighted by Crippen LogP contribution is -2.08. The summed E-state index contributed by atoms with van der Waals surface area (Å²) in [5, 5.41) is 9.18. The molecule has 37 heavy (non-hydrogen) atoms. The topological polar surface area (TPSA) is 72.8 Å². The van der Waals surface area contributed by atoms with Gasteiger partial charge >= 0.3 is 11.9 Å². The van der Waals surface area contributed by atoms with Crippen LogP contribution in [0.15, 0.2) is 72.8 Å². The first-order chi connectivity index (χ1) is 18.1. The number of carbonyl (C=O) groups excluding carboxylic acids is 1. The average Bonchev–Trinajstić information content (AvgIpc) is 2.92. The Bertz CT molecular complexity index is 1100. The Hall–Kier alpha value is -3.60. The molecule has 0 atom stereocenters. The van der Waals surface area contributed by atoms with E-state index < -0.39 is 11.9 Å². The summed E-state index contributed by atoms with van der Waals surface area (Å²) < 4.78 is 11.3. The van der Waals surface area contributed by atoms with Gasteiger partial charge in [-0.15, -0.1) is 0 Å². The van der Waals surface area contributed by atoms with Crippen LogP contribution in [0.4, 0.5) is 0 Å². The van der Waals surface area contributed by atoms with Crippen LogP contribution >= 0.6 is 0 Å². The van der Waals surface area contributed by atoms with E-state index in [4.69, 9.17) is 9.47 Å². The van der Waals surface area contributed by atoms with Gasteiger partial charge in [0, 0.05) is 0 Å². The summed E-state index contributed by atoms with van der Waals surface area (Å²) in [6.07, 6.45) is 12.9. The summed E-state index contributed by atoms with van der Waals surface area (Å²) in [7, 11) is 0. The minimum absolute atomic E-state index is 0.226. The molecule has 0 aliphatic rings. The molecular weight excluding hydrogens is 464 g/mol.